The minimum Gasteiger partial charge on any atom is -0.497 e. The Labute approximate surface area is 197 Å². The SMILES string of the molecule is COc1ccc(C2(C(=O)N3CCN(c4ncnc5[nH]ccc45)CC3)CCN(C(=O)O)CC2)cc1. The number of benzene rings is 1. The zero-order valence-electron chi connectivity index (χ0n) is 19.1. The first-order valence-corrected chi connectivity index (χ1v) is 11.5. The molecule has 1 aromatic carbocycles. The minimum absolute atomic E-state index is 0.0665. The number of nitrogens with zero attached hydrogens (tertiary/aromatic N) is 5. The fourth-order valence-corrected chi connectivity index (χ4v) is 5.15. The van der Waals surface area contributed by atoms with E-state index in [9.17, 15) is 14.7 Å². The molecule has 2 aliphatic heterocycles. The molecule has 178 valence electrons. The number of anilines is 1. The predicted octanol–water partition coefficient (Wildman–Crippen LogP) is 2.33. The van der Waals surface area contributed by atoms with E-state index in [2.05, 4.69) is 19.9 Å². The molecule has 34 heavy (non-hydrogen) atoms. The second kappa shape index (κ2) is 8.85. The first-order valence-electron chi connectivity index (χ1n) is 11.5. The number of carbonyl (C=O) groups excluding carboxylic acids is 1. The molecule has 2 saturated heterocycles. The van der Waals surface area contributed by atoms with Gasteiger partial charge in [-0.15, -0.1) is 0 Å². The van der Waals surface area contributed by atoms with Crippen LogP contribution in [0.3, 0.4) is 0 Å². The molecule has 10 heteroatoms. The van der Waals surface area contributed by atoms with Gasteiger partial charge in [-0.05, 0) is 36.6 Å². The topological polar surface area (TPSA) is 115 Å². The molecule has 2 N–H and O–H groups in total. The molecule has 0 radical (unpaired) electrons. The van der Waals surface area contributed by atoms with Crippen molar-refractivity contribution in [2.24, 2.45) is 0 Å². The summed E-state index contributed by atoms with van der Waals surface area (Å²) < 4.78 is 5.29. The largest absolute Gasteiger partial charge is 0.497 e. The zero-order chi connectivity index (χ0) is 23.7. The molecule has 2 fully saturated rings. The van der Waals surface area contributed by atoms with Gasteiger partial charge in [-0.2, -0.15) is 0 Å². The Hall–Kier alpha value is -3.82. The van der Waals surface area contributed by atoms with Crippen LogP contribution in [0.15, 0.2) is 42.9 Å². The minimum atomic E-state index is -0.940. The summed E-state index contributed by atoms with van der Waals surface area (Å²) in [6.45, 7) is 3.16. The van der Waals surface area contributed by atoms with Crippen LogP contribution in [0, 0.1) is 0 Å². The molecule has 0 atom stereocenters. The summed E-state index contributed by atoms with van der Waals surface area (Å²) in [6, 6.07) is 9.57. The van der Waals surface area contributed by atoms with Crippen molar-refractivity contribution in [3.8, 4) is 5.75 Å². The van der Waals surface area contributed by atoms with Crippen LogP contribution in [0.1, 0.15) is 18.4 Å². The number of carbonyl (C=O) groups is 2. The molecule has 5 rings (SSSR count). The van der Waals surface area contributed by atoms with Gasteiger partial charge in [-0.25, -0.2) is 14.8 Å². The van der Waals surface area contributed by atoms with Crippen LogP contribution in [0.25, 0.3) is 11.0 Å². The molecule has 0 spiro atoms. The number of rotatable bonds is 4. The van der Waals surface area contributed by atoms with E-state index in [0.29, 0.717) is 52.1 Å². The molecule has 4 heterocycles. The number of piperidine rings is 1. The molecule has 3 aromatic rings. The van der Waals surface area contributed by atoms with Crippen molar-refractivity contribution >= 4 is 28.9 Å². The van der Waals surface area contributed by atoms with E-state index >= 15 is 0 Å². The molecule has 0 aliphatic carbocycles. The highest BCUT2D eigenvalue weighted by Crippen LogP contribution is 2.39. The number of likely N-dealkylation sites (tertiary alicyclic amines) is 1. The van der Waals surface area contributed by atoms with Gasteiger partial charge in [-0.1, -0.05) is 12.1 Å². The average molecular weight is 465 g/mol. The summed E-state index contributed by atoms with van der Waals surface area (Å²) in [6.07, 6.45) is 3.39. The van der Waals surface area contributed by atoms with Gasteiger partial charge in [0.05, 0.1) is 17.9 Å². The quantitative estimate of drug-likeness (QED) is 0.609. The van der Waals surface area contributed by atoms with Gasteiger partial charge in [0.25, 0.3) is 0 Å². The summed E-state index contributed by atoms with van der Waals surface area (Å²) in [5.41, 5.74) is 0.964. The van der Waals surface area contributed by atoms with Crippen molar-refractivity contribution in [3.05, 3.63) is 48.4 Å². The number of hydrogen-bond donors (Lipinski definition) is 2. The number of piperazine rings is 1. The van der Waals surface area contributed by atoms with Gasteiger partial charge < -0.3 is 29.5 Å². The molecule has 10 nitrogen and oxygen atoms in total. The molecule has 0 unspecified atom stereocenters. The van der Waals surface area contributed by atoms with Crippen LogP contribution in [0.2, 0.25) is 0 Å². The number of H-pyrrole nitrogens is 1. The molecule has 0 saturated carbocycles. The third-order valence-corrected chi connectivity index (χ3v) is 7.14. The van der Waals surface area contributed by atoms with E-state index in [0.717, 1.165) is 28.2 Å². The summed E-state index contributed by atoms with van der Waals surface area (Å²) in [5, 5.41) is 10.4. The van der Waals surface area contributed by atoms with Crippen LogP contribution < -0.4 is 9.64 Å². The lowest BCUT2D eigenvalue weighted by Crippen LogP contribution is -2.58. The van der Waals surface area contributed by atoms with Crippen molar-refractivity contribution in [1.29, 1.82) is 0 Å². The van der Waals surface area contributed by atoms with Gasteiger partial charge in [0.2, 0.25) is 5.91 Å². The summed E-state index contributed by atoms with van der Waals surface area (Å²) in [5.74, 6) is 1.67. The van der Waals surface area contributed by atoms with Crippen molar-refractivity contribution in [3.63, 3.8) is 0 Å². The number of amides is 2. The van der Waals surface area contributed by atoms with Gasteiger partial charge >= 0.3 is 6.09 Å². The van der Waals surface area contributed by atoms with Crippen LogP contribution >= 0.6 is 0 Å². The zero-order valence-corrected chi connectivity index (χ0v) is 19.1. The standard InChI is InChI=1S/C24H28N6O4/c1-34-18-4-2-17(3-5-18)24(7-10-30(11-8-24)23(32)33)22(31)29-14-12-28(13-15-29)21-19-6-9-25-20(19)26-16-27-21/h2-6,9,16H,7-8,10-15H2,1H3,(H,32,33)(H,25,26,27). The maximum atomic E-state index is 14.0. The molecule has 2 aromatic heterocycles. The number of aromatic nitrogens is 3. The summed E-state index contributed by atoms with van der Waals surface area (Å²) in [4.78, 5) is 42.9. The fraction of sp³-hybridized carbons (Fsp3) is 0.417. The first kappa shape index (κ1) is 22.0. The normalized spacial score (nSPS) is 18.2. The summed E-state index contributed by atoms with van der Waals surface area (Å²) in [7, 11) is 1.61. The highest BCUT2D eigenvalue weighted by Gasteiger charge is 2.46. The Morgan fingerprint density at radius 2 is 1.68 bits per heavy atom. The third-order valence-electron chi connectivity index (χ3n) is 7.14. The van der Waals surface area contributed by atoms with Crippen LogP contribution in [0.4, 0.5) is 10.6 Å². The molecular weight excluding hydrogens is 436 g/mol. The average Bonchev–Trinajstić information content (AvgIpc) is 3.37. The third kappa shape index (κ3) is 3.78. The van der Waals surface area contributed by atoms with Crippen LogP contribution in [-0.4, -0.2) is 88.2 Å². The van der Waals surface area contributed by atoms with E-state index < -0.39 is 11.5 Å². The Kier molecular flexibility index (Phi) is 5.72. The van der Waals surface area contributed by atoms with Crippen LogP contribution in [-0.2, 0) is 10.2 Å². The number of nitrogens with one attached hydrogen (secondary N) is 1. The molecule has 2 aliphatic rings. The number of hydrogen-bond acceptors (Lipinski definition) is 6. The fourth-order valence-electron chi connectivity index (χ4n) is 5.15. The Balaban J connectivity index is 1.36. The number of ether oxygens (including phenoxy) is 1. The van der Waals surface area contributed by atoms with E-state index in [-0.39, 0.29) is 5.91 Å². The van der Waals surface area contributed by atoms with Crippen molar-refractivity contribution in [2.75, 3.05) is 51.3 Å². The monoisotopic (exact) mass is 464 g/mol. The van der Waals surface area contributed by atoms with Crippen LogP contribution in [0.5, 0.6) is 5.75 Å². The smallest absolute Gasteiger partial charge is 0.407 e. The second-order valence-electron chi connectivity index (χ2n) is 8.80. The lowest BCUT2D eigenvalue weighted by Gasteiger charge is -2.45. The van der Waals surface area contributed by atoms with E-state index in [1.807, 2.05) is 41.4 Å². The molecule has 2 amide bonds. The Morgan fingerprint density at radius 1 is 0.971 bits per heavy atom. The predicted molar refractivity (Wildman–Crippen MR) is 126 cm³/mol. The maximum Gasteiger partial charge on any atom is 0.407 e. The lowest BCUT2D eigenvalue weighted by atomic mass is 9.71. The Bertz CT molecular complexity index is 1180. The highest BCUT2D eigenvalue weighted by atomic mass is 16.5. The first-order chi connectivity index (χ1) is 16.5. The van der Waals surface area contributed by atoms with Crippen molar-refractivity contribution in [2.45, 2.75) is 18.3 Å². The van der Waals surface area contributed by atoms with E-state index in [1.54, 1.807) is 13.4 Å². The number of carboxylic acid groups (broad SMARTS) is 1. The van der Waals surface area contributed by atoms with Crippen molar-refractivity contribution in [1.82, 2.24) is 24.8 Å². The number of aromatic amines is 1. The Morgan fingerprint density at radius 3 is 2.32 bits per heavy atom. The maximum absolute atomic E-state index is 14.0. The van der Waals surface area contributed by atoms with Crippen molar-refractivity contribution < 1.29 is 19.4 Å². The van der Waals surface area contributed by atoms with E-state index in [4.69, 9.17) is 4.74 Å². The van der Waals surface area contributed by atoms with E-state index in [1.165, 1.54) is 4.90 Å². The lowest BCUT2D eigenvalue weighted by molar-refractivity contribution is -0.139. The van der Waals surface area contributed by atoms with Gasteiger partial charge in [-0.3, -0.25) is 4.79 Å². The summed E-state index contributed by atoms with van der Waals surface area (Å²) >= 11 is 0. The second-order valence-corrected chi connectivity index (χ2v) is 8.80. The molecular formula is C24H28N6O4. The van der Waals surface area contributed by atoms with Gasteiger partial charge in [0.1, 0.15) is 23.5 Å². The molecule has 0 bridgehead atoms. The number of methoxy groups -OCH3 is 1. The highest BCUT2D eigenvalue weighted by molar-refractivity contribution is 5.90. The van der Waals surface area contributed by atoms with Gasteiger partial charge in [0.15, 0.2) is 0 Å². The van der Waals surface area contributed by atoms with Gasteiger partial charge in [0, 0.05) is 45.5 Å². The number of fused-ring (bicyclic) bond motifs is 1.